The second-order valence-corrected chi connectivity index (χ2v) is 2.90. The zero-order chi connectivity index (χ0) is 9.26. The maximum atomic E-state index is 10.9. The Balaban J connectivity index is 2.41. The third-order valence-electron chi connectivity index (χ3n) is 2.01. The number of phenols is 1. The number of rotatable bonds is 1. The van der Waals surface area contributed by atoms with E-state index in [2.05, 4.69) is 5.32 Å². The van der Waals surface area contributed by atoms with Crippen LogP contribution in [0.15, 0.2) is 30.3 Å². The monoisotopic (exact) mass is 175 g/mol. The van der Waals surface area contributed by atoms with Crippen molar-refractivity contribution in [2.45, 2.75) is 0 Å². The molecular formula is C10H9NO2. The fourth-order valence-corrected chi connectivity index (χ4v) is 1.36. The highest BCUT2D eigenvalue weighted by Crippen LogP contribution is 2.25. The predicted molar refractivity (Wildman–Crippen MR) is 49.1 cm³/mol. The number of hydrogen-bond acceptors (Lipinski definition) is 2. The number of nitrogens with one attached hydrogen (secondary N) is 1. The van der Waals surface area contributed by atoms with Crippen LogP contribution in [0.25, 0.3) is 5.57 Å². The minimum atomic E-state index is -0.0988. The predicted octanol–water partition coefficient (Wildman–Crippen LogP) is 0.905. The van der Waals surface area contributed by atoms with E-state index in [0.29, 0.717) is 6.54 Å². The minimum Gasteiger partial charge on any atom is -0.507 e. The molecule has 0 spiro atoms. The second-order valence-electron chi connectivity index (χ2n) is 2.90. The van der Waals surface area contributed by atoms with Crippen LogP contribution in [0.2, 0.25) is 0 Å². The van der Waals surface area contributed by atoms with Crippen molar-refractivity contribution in [2.75, 3.05) is 6.54 Å². The van der Waals surface area contributed by atoms with E-state index in [-0.39, 0.29) is 11.7 Å². The maximum Gasteiger partial charge on any atom is 0.244 e. The Bertz CT molecular complexity index is 382. The van der Waals surface area contributed by atoms with E-state index in [1.165, 1.54) is 6.08 Å². The Morgan fingerprint density at radius 1 is 1.31 bits per heavy atom. The highest BCUT2D eigenvalue weighted by atomic mass is 16.3. The first-order valence-corrected chi connectivity index (χ1v) is 4.04. The van der Waals surface area contributed by atoms with Gasteiger partial charge in [0.25, 0.3) is 0 Å². The van der Waals surface area contributed by atoms with Crippen LogP contribution in [0.1, 0.15) is 5.56 Å². The molecule has 13 heavy (non-hydrogen) atoms. The molecule has 2 rings (SSSR count). The van der Waals surface area contributed by atoms with Crippen molar-refractivity contribution in [1.29, 1.82) is 0 Å². The van der Waals surface area contributed by atoms with Crippen molar-refractivity contribution in [3.05, 3.63) is 35.9 Å². The number of aromatic hydroxyl groups is 1. The van der Waals surface area contributed by atoms with Crippen LogP contribution in [0, 0.1) is 0 Å². The summed E-state index contributed by atoms with van der Waals surface area (Å²) >= 11 is 0. The topological polar surface area (TPSA) is 49.3 Å². The van der Waals surface area contributed by atoms with E-state index in [0.717, 1.165) is 11.1 Å². The maximum absolute atomic E-state index is 10.9. The third-order valence-corrected chi connectivity index (χ3v) is 2.01. The number of hydrogen-bond donors (Lipinski definition) is 2. The highest BCUT2D eigenvalue weighted by Gasteiger charge is 2.14. The van der Waals surface area contributed by atoms with Gasteiger partial charge in [-0.2, -0.15) is 0 Å². The molecule has 66 valence electrons. The molecule has 0 radical (unpaired) electrons. The summed E-state index contributed by atoms with van der Waals surface area (Å²) in [6.45, 7) is 0.496. The van der Waals surface area contributed by atoms with Gasteiger partial charge in [0.2, 0.25) is 5.91 Å². The lowest BCUT2D eigenvalue weighted by atomic mass is 10.1. The summed E-state index contributed by atoms with van der Waals surface area (Å²) in [6.07, 6.45) is 1.51. The summed E-state index contributed by atoms with van der Waals surface area (Å²) in [4.78, 5) is 10.9. The summed E-state index contributed by atoms with van der Waals surface area (Å²) in [5.74, 6) is 0.114. The Labute approximate surface area is 75.7 Å². The van der Waals surface area contributed by atoms with Crippen molar-refractivity contribution in [3.63, 3.8) is 0 Å². The minimum absolute atomic E-state index is 0.0988. The van der Waals surface area contributed by atoms with Crippen molar-refractivity contribution >= 4 is 11.5 Å². The lowest BCUT2D eigenvalue weighted by molar-refractivity contribution is -0.115. The molecule has 0 saturated heterocycles. The zero-order valence-corrected chi connectivity index (χ0v) is 6.95. The van der Waals surface area contributed by atoms with E-state index >= 15 is 0 Å². The molecule has 1 heterocycles. The Kier molecular flexibility index (Phi) is 1.77. The van der Waals surface area contributed by atoms with Gasteiger partial charge in [-0.3, -0.25) is 4.79 Å². The van der Waals surface area contributed by atoms with Crippen LogP contribution in [0.3, 0.4) is 0 Å². The van der Waals surface area contributed by atoms with E-state index in [1.54, 1.807) is 18.2 Å². The number of phenolic OH excluding ortho intramolecular Hbond substituents is 1. The summed E-state index contributed by atoms with van der Waals surface area (Å²) in [5, 5.41) is 12.1. The van der Waals surface area contributed by atoms with E-state index in [1.807, 2.05) is 6.07 Å². The van der Waals surface area contributed by atoms with Crippen LogP contribution in [-0.4, -0.2) is 17.6 Å². The van der Waals surface area contributed by atoms with Crippen molar-refractivity contribution < 1.29 is 9.90 Å². The number of benzene rings is 1. The Morgan fingerprint density at radius 3 is 2.69 bits per heavy atom. The first kappa shape index (κ1) is 7.86. The SMILES string of the molecule is O=C1C=C(c2ccccc2O)CN1. The fourth-order valence-electron chi connectivity index (χ4n) is 1.36. The van der Waals surface area contributed by atoms with E-state index < -0.39 is 0 Å². The molecule has 0 fully saturated rings. The highest BCUT2D eigenvalue weighted by molar-refractivity contribution is 6.01. The summed E-state index contributed by atoms with van der Waals surface area (Å²) in [7, 11) is 0. The number of carbonyl (C=O) groups is 1. The molecule has 0 unspecified atom stereocenters. The summed E-state index contributed by atoms with van der Waals surface area (Å²) in [6, 6.07) is 6.99. The number of carbonyl (C=O) groups excluding carboxylic acids is 1. The molecule has 0 aliphatic carbocycles. The Hall–Kier alpha value is -1.77. The second kappa shape index (κ2) is 2.94. The number of amides is 1. The molecular weight excluding hydrogens is 166 g/mol. The molecule has 0 bridgehead atoms. The smallest absolute Gasteiger partial charge is 0.244 e. The summed E-state index contributed by atoms with van der Waals surface area (Å²) < 4.78 is 0. The largest absolute Gasteiger partial charge is 0.507 e. The van der Waals surface area contributed by atoms with Gasteiger partial charge in [0.05, 0.1) is 0 Å². The van der Waals surface area contributed by atoms with Crippen molar-refractivity contribution in [2.24, 2.45) is 0 Å². The van der Waals surface area contributed by atoms with Gasteiger partial charge in [-0.15, -0.1) is 0 Å². The third kappa shape index (κ3) is 1.40. The zero-order valence-electron chi connectivity index (χ0n) is 6.95. The fraction of sp³-hybridized carbons (Fsp3) is 0.100. The van der Waals surface area contributed by atoms with Gasteiger partial charge in [0, 0.05) is 18.2 Å². The van der Waals surface area contributed by atoms with Crippen LogP contribution < -0.4 is 5.32 Å². The van der Waals surface area contributed by atoms with Crippen molar-refractivity contribution in [1.82, 2.24) is 5.32 Å². The molecule has 0 aromatic heterocycles. The molecule has 1 amide bonds. The summed E-state index contributed by atoms with van der Waals surface area (Å²) in [5.41, 5.74) is 1.56. The molecule has 2 N–H and O–H groups in total. The van der Waals surface area contributed by atoms with Gasteiger partial charge in [0.15, 0.2) is 0 Å². The van der Waals surface area contributed by atoms with Gasteiger partial charge in [-0.25, -0.2) is 0 Å². The molecule has 3 heteroatoms. The standard InChI is InChI=1S/C10H9NO2/c12-9-4-2-1-3-8(9)7-5-10(13)11-6-7/h1-5,12H,6H2,(H,11,13). The molecule has 0 atom stereocenters. The molecule has 1 aromatic rings. The quantitative estimate of drug-likeness (QED) is 0.666. The van der Waals surface area contributed by atoms with Crippen LogP contribution in [0.5, 0.6) is 5.75 Å². The van der Waals surface area contributed by atoms with Crippen LogP contribution in [-0.2, 0) is 4.79 Å². The van der Waals surface area contributed by atoms with Crippen molar-refractivity contribution in [3.8, 4) is 5.75 Å². The molecule has 0 saturated carbocycles. The molecule has 1 aliphatic rings. The molecule has 1 aromatic carbocycles. The first-order chi connectivity index (χ1) is 6.27. The normalized spacial score (nSPS) is 15.4. The average molecular weight is 175 g/mol. The van der Waals surface area contributed by atoms with Gasteiger partial charge >= 0.3 is 0 Å². The van der Waals surface area contributed by atoms with Crippen LogP contribution in [0.4, 0.5) is 0 Å². The van der Waals surface area contributed by atoms with Gasteiger partial charge in [-0.05, 0) is 11.6 Å². The number of para-hydroxylation sites is 1. The van der Waals surface area contributed by atoms with Crippen LogP contribution >= 0.6 is 0 Å². The van der Waals surface area contributed by atoms with Gasteiger partial charge in [0.1, 0.15) is 5.75 Å². The van der Waals surface area contributed by atoms with Gasteiger partial charge < -0.3 is 10.4 Å². The van der Waals surface area contributed by atoms with E-state index in [4.69, 9.17) is 0 Å². The molecule has 3 nitrogen and oxygen atoms in total. The molecule has 1 aliphatic heterocycles. The lowest BCUT2D eigenvalue weighted by Crippen LogP contribution is -2.14. The van der Waals surface area contributed by atoms with E-state index in [9.17, 15) is 9.90 Å². The average Bonchev–Trinajstić information content (AvgIpc) is 2.53. The van der Waals surface area contributed by atoms with Gasteiger partial charge in [-0.1, -0.05) is 18.2 Å². The lowest BCUT2D eigenvalue weighted by Gasteiger charge is -2.03. The Morgan fingerprint density at radius 2 is 2.08 bits per heavy atom. The first-order valence-electron chi connectivity index (χ1n) is 4.04.